The Morgan fingerprint density at radius 1 is 1.23 bits per heavy atom. The number of β-lactam (4-membered cyclic amide) rings is 1. The molecule has 1 aliphatic carbocycles. The Balaban J connectivity index is 1.64. The highest BCUT2D eigenvalue weighted by atomic mass is 35.5. The zero-order valence-corrected chi connectivity index (χ0v) is 18.3. The predicted octanol–water partition coefficient (Wildman–Crippen LogP) is 4.97. The lowest BCUT2D eigenvalue weighted by molar-refractivity contribution is -0.170. The van der Waals surface area contributed by atoms with E-state index in [4.69, 9.17) is 23.2 Å². The third-order valence-electron chi connectivity index (χ3n) is 6.24. The van der Waals surface area contributed by atoms with E-state index in [0.717, 1.165) is 12.0 Å². The van der Waals surface area contributed by atoms with Crippen LogP contribution in [0.2, 0.25) is 10.0 Å². The van der Waals surface area contributed by atoms with Gasteiger partial charge in [-0.15, -0.1) is 0 Å². The van der Waals surface area contributed by atoms with Crippen LogP contribution >= 0.6 is 23.2 Å². The molecule has 0 spiro atoms. The van der Waals surface area contributed by atoms with Crippen molar-refractivity contribution >= 4 is 35.1 Å². The van der Waals surface area contributed by atoms with Crippen LogP contribution in [0.15, 0.2) is 18.2 Å². The molecule has 31 heavy (non-hydrogen) atoms. The number of likely N-dealkylation sites (tertiary alicyclic amines) is 1. The number of amides is 3. The van der Waals surface area contributed by atoms with Crippen molar-refractivity contribution in [1.82, 2.24) is 10.2 Å². The van der Waals surface area contributed by atoms with Gasteiger partial charge in [-0.05, 0) is 55.4 Å². The van der Waals surface area contributed by atoms with Gasteiger partial charge in [0.25, 0.3) is 0 Å². The number of benzene rings is 1. The second-order valence-electron chi connectivity index (χ2n) is 8.21. The van der Waals surface area contributed by atoms with Gasteiger partial charge in [-0.1, -0.05) is 42.5 Å². The second kappa shape index (κ2) is 9.96. The maximum Gasteiger partial charge on any atom is 0.408 e. The zero-order chi connectivity index (χ0) is 22.8. The van der Waals surface area contributed by atoms with E-state index in [1.54, 1.807) is 18.2 Å². The van der Waals surface area contributed by atoms with E-state index in [1.807, 2.05) is 5.32 Å². The third-order valence-corrected chi connectivity index (χ3v) is 6.85. The third kappa shape index (κ3) is 5.46. The Morgan fingerprint density at radius 2 is 1.90 bits per heavy atom. The van der Waals surface area contributed by atoms with E-state index >= 15 is 0 Å². The van der Waals surface area contributed by atoms with Crippen LogP contribution in [-0.2, 0) is 11.2 Å². The molecule has 3 amide bonds. The summed E-state index contributed by atoms with van der Waals surface area (Å²) in [4.78, 5) is 25.8. The van der Waals surface area contributed by atoms with Crippen molar-refractivity contribution in [2.75, 3.05) is 6.61 Å². The van der Waals surface area contributed by atoms with Crippen LogP contribution in [-0.4, -0.2) is 46.8 Å². The molecule has 1 heterocycles. The van der Waals surface area contributed by atoms with E-state index in [-0.39, 0.29) is 0 Å². The Hall–Kier alpha value is -1.51. The number of carbonyl (C=O) groups is 2. The molecule has 0 bridgehead atoms. The first-order valence-electron chi connectivity index (χ1n) is 10.4. The van der Waals surface area contributed by atoms with E-state index in [1.165, 1.54) is 0 Å². The lowest BCUT2D eigenvalue weighted by Gasteiger charge is -2.45. The van der Waals surface area contributed by atoms with E-state index in [2.05, 4.69) is 0 Å². The summed E-state index contributed by atoms with van der Waals surface area (Å²) >= 11 is 12.1. The van der Waals surface area contributed by atoms with Crippen LogP contribution < -0.4 is 5.32 Å². The number of carbonyl (C=O) groups excluding carboxylic acids is 2. The molecule has 3 atom stereocenters. The van der Waals surface area contributed by atoms with Gasteiger partial charge in [0, 0.05) is 10.0 Å². The monoisotopic (exact) mass is 480 g/mol. The van der Waals surface area contributed by atoms with E-state index in [0.29, 0.717) is 53.5 Å². The minimum Gasteiger partial charge on any atom is -0.394 e. The second-order valence-corrected chi connectivity index (χ2v) is 9.05. The fourth-order valence-electron chi connectivity index (χ4n) is 4.56. The van der Waals surface area contributed by atoms with Gasteiger partial charge >= 0.3 is 12.2 Å². The number of urea groups is 1. The summed E-state index contributed by atoms with van der Waals surface area (Å²) in [5.41, 5.74) is 0.719. The highest BCUT2D eigenvalue weighted by molar-refractivity contribution is 6.33. The number of aliphatic hydroxyl groups excluding tert-OH is 1. The maximum atomic E-state index is 13.6. The van der Waals surface area contributed by atoms with Crippen LogP contribution in [0.3, 0.4) is 0 Å². The quantitative estimate of drug-likeness (QED) is 0.564. The fourth-order valence-corrected chi connectivity index (χ4v) is 4.97. The first-order valence-corrected chi connectivity index (χ1v) is 11.1. The van der Waals surface area contributed by atoms with Crippen molar-refractivity contribution < 1.29 is 27.9 Å². The summed E-state index contributed by atoms with van der Waals surface area (Å²) in [5.74, 6) is -1.98. The zero-order valence-electron chi connectivity index (χ0n) is 16.8. The molecular weight excluding hydrogens is 456 g/mol. The van der Waals surface area contributed by atoms with Gasteiger partial charge in [0.15, 0.2) is 0 Å². The standard InChI is InChI=1S/C21H25Cl2F3N2O3/c22-14-7-9-16(23)13(10-14)6-8-15-17(11-29)28(19(15)30)20(31)27-18(21(24,25)26)12-4-2-1-3-5-12/h7,9-10,12,15,17-18,29H,1-6,8,11H2,(H,27,31)/t15-,17?,18?/m1/s1. The molecule has 10 heteroatoms. The molecule has 1 saturated heterocycles. The Morgan fingerprint density at radius 3 is 2.52 bits per heavy atom. The average Bonchev–Trinajstić information content (AvgIpc) is 2.72. The number of hydrogen-bond acceptors (Lipinski definition) is 3. The summed E-state index contributed by atoms with van der Waals surface area (Å²) < 4.78 is 40.8. The number of imide groups is 1. The normalized spacial score (nSPS) is 23.4. The molecule has 172 valence electrons. The first-order chi connectivity index (χ1) is 14.6. The topological polar surface area (TPSA) is 69.6 Å². The molecule has 2 N–H and O–H groups in total. The van der Waals surface area contributed by atoms with Gasteiger partial charge in [0.2, 0.25) is 5.91 Å². The summed E-state index contributed by atoms with van der Waals surface area (Å²) in [6, 6.07) is 0.960. The number of aliphatic hydroxyl groups is 1. The summed E-state index contributed by atoms with van der Waals surface area (Å²) in [7, 11) is 0. The molecule has 3 rings (SSSR count). The number of nitrogens with zero attached hydrogens (tertiary/aromatic N) is 1. The smallest absolute Gasteiger partial charge is 0.394 e. The molecule has 2 fully saturated rings. The molecule has 1 aliphatic heterocycles. The van der Waals surface area contributed by atoms with Gasteiger partial charge in [-0.3, -0.25) is 9.69 Å². The van der Waals surface area contributed by atoms with Gasteiger partial charge in [0.1, 0.15) is 6.04 Å². The van der Waals surface area contributed by atoms with Crippen molar-refractivity contribution in [3.63, 3.8) is 0 Å². The molecule has 5 nitrogen and oxygen atoms in total. The fraction of sp³-hybridized carbons (Fsp3) is 0.619. The minimum absolute atomic E-state index is 0.291. The molecule has 2 aliphatic rings. The van der Waals surface area contributed by atoms with Crippen molar-refractivity contribution in [2.24, 2.45) is 11.8 Å². The van der Waals surface area contributed by atoms with Crippen molar-refractivity contribution in [1.29, 1.82) is 0 Å². The summed E-state index contributed by atoms with van der Waals surface area (Å²) in [5, 5.41) is 12.7. The number of nitrogens with one attached hydrogen (secondary N) is 1. The average molecular weight is 481 g/mol. The maximum absolute atomic E-state index is 13.6. The molecule has 0 aromatic heterocycles. The molecule has 0 radical (unpaired) electrons. The van der Waals surface area contributed by atoms with Gasteiger partial charge in [-0.25, -0.2) is 4.79 Å². The number of aryl methyl sites for hydroxylation is 1. The minimum atomic E-state index is -4.61. The van der Waals surface area contributed by atoms with Crippen LogP contribution in [0, 0.1) is 11.8 Å². The molecular formula is C21H25Cl2F3N2O3. The van der Waals surface area contributed by atoms with Gasteiger partial charge < -0.3 is 10.4 Å². The Kier molecular flexibility index (Phi) is 7.76. The number of halogens is 5. The molecule has 1 aromatic carbocycles. The Labute approximate surface area is 188 Å². The van der Waals surface area contributed by atoms with Crippen molar-refractivity contribution in [2.45, 2.75) is 63.2 Å². The number of rotatable bonds is 6. The largest absolute Gasteiger partial charge is 0.408 e. The predicted molar refractivity (Wildman–Crippen MR) is 111 cm³/mol. The number of alkyl halides is 3. The molecule has 1 aromatic rings. The summed E-state index contributed by atoms with van der Waals surface area (Å²) in [6.07, 6.45) is -0.927. The first kappa shape index (κ1) is 24.1. The highest BCUT2D eigenvalue weighted by Gasteiger charge is 2.52. The Bertz CT molecular complexity index is 816. The highest BCUT2D eigenvalue weighted by Crippen LogP contribution is 2.36. The van der Waals surface area contributed by atoms with Gasteiger partial charge in [-0.2, -0.15) is 13.2 Å². The summed E-state index contributed by atoms with van der Waals surface area (Å²) in [6.45, 7) is -0.521. The lowest BCUT2D eigenvalue weighted by atomic mass is 9.82. The van der Waals surface area contributed by atoms with Crippen LogP contribution in [0.25, 0.3) is 0 Å². The van der Waals surface area contributed by atoms with E-state index < -0.39 is 48.6 Å². The molecule has 1 saturated carbocycles. The van der Waals surface area contributed by atoms with Crippen LogP contribution in [0.5, 0.6) is 0 Å². The number of hydrogen-bond donors (Lipinski definition) is 2. The SMILES string of the molecule is O=C(NC(C1CCCCC1)C(F)(F)F)N1C(=O)[C@H](CCc2cc(Cl)ccc2Cl)C1CO. The van der Waals surface area contributed by atoms with Crippen LogP contribution in [0.1, 0.15) is 44.1 Å². The van der Waals surface area contributed by atoms with Crippen molar-refractivity contribution in [3.05, 3.63) is 33.8 Å². The van der Waals surface area contributed by atoms with Crippen LogP contribution in [0.4, 0.5) is 18.0 Å². The molecule has 2 unspecified atom stereocenters. The van der Waals surface area contributed by atoms with Crippen molar-refractivity contribution in [3.8, 4) is 0 Å². The lowest BCUT2D eigenvalue weighted by Crippen LogP contribution is -2.68. The van der Waals surface area contributed by atoms with Gasteiger partial charge in [0.05, 0.1) is 18.6 Å². The van der Waals surface area contributed by atoms with E-state index in [9.17, 15) is 27.9 Å².